The molecular weight excluding hydrogens is 184 g/mol. The maximum Gasteiger partial charge on any atom is 0.0480 e. The Bertz CT molecular complexity index is 431. The molecule has 0 bridgehead atoms. The van der Waals surface area contributed by atoms with Crippen molar-refractivity contribution < 1.29 is 0 Å². The maximum atomic E-state index is 3.43. The molecule has 1 N–H and O–H groups in total. The molecule has 0 spiro atoms. The summed E-state index contributed by atoms with van der Waals surface area (Å²) in [5, 5.41) is 4.75. The monoisotopic (exact) mass is 202 g/mol. The molecule has 80 valence electrons. The average molecular weight is 202 g/mol. The quantitative estimate of drug-likeness (QED) is 0.806. The smallest absolute Gasteiger partial charge is 0.0480 e. The van der Waals surface area contributed by atoms with E-state index >= 15 is 0 Å². The van der Waals surface area contributed by atoms with Gasteiger partial charge in [0.2, 0.25) is 0 Å². The predicted octanol–water partition coefficient (Wildman–Crippen LogP) is 2.64. The van der Waals surface area contributed by atoms with Crippen molar-refractivity contribution in [2.45, 2.75) is 26.4 Å². The average Bonchev–Trinajstić information content (AvgIpc) is 2.62. The minimum Gasteiger partial charge on any atom is -0.346 e. The third-order valence-corrected chi connectivity index (χ3v) is 2.70. The number of nitrogens with one attached hydrogen (secondary N) is 1. The number of benzene rings is 1. The summed E-state index contributed by atoms with van der Waals surface area (Å²) in [6, 6.07) is 11.2. The molecule has 2 aromatic rings. The number of hydrogen-bond acceptors (Lipinski definition) is 1. The second kappa shape index (κ2) is 4.49. The highest BCUT2D eigenvalue weighted by molar-refractivity contribution is 5.79. The molecule has 1 aromatic heterocycles. The van der Waals surface area contributed by atoms with Crippen LogP contribution in [-0.4, -0.2) is 17.2 Å². The second-order valence-corrected chi connectivity index (χ2v) is 3.99. The topological polar surface area (TPSA) is 17.0 Å². The fraction of sp³-hybridized carbons (Fsp3) is 0.385. The van der Waals surface area contributed by atoms with Gasteiger partial charge in [0, 0.05) is 24.3 Å². The van der Waals surface area contributed by atoms with Crippen LogP contribution in [0.3, 0.4) is 0 Å². The van der Waals surface area contributed by atoms with Gasteiger partial charge in [-0.2, -0.15) is 0 Å². The molecule has 1 unspecified atom stereocenters. The normalized spacial score (nSPS) is 13.2. The molecule has 2 rings (SSSR count). The Kier molecular flexibility index (Phi) is 3.07. The Morgan fingerprint density at radius 2 is 2.07 bits per heavy atom. The largest absolute Gasteiger partial charge is 0.346 e. The molecule has 0 aliphatic heterocycles. The number of nitrogens with zero attached hydrogens (tertiary/aromatic N) is 1. The van der Waals surface area contributed by atoms with E-state index in [9.17, 15) is 0 Å². The molecule has 1 aromatic carbocycles. The molecule has 0 aliphatic rings. The number of likely N-dealkylation sites (N-methyl/N-ethyl adjacent to an activating group) is 1. The highest BCUT2D eigenvalue weighted by Gasteiger charge is 2.03. The molecule has 0 aliphatic carbocycles. The van der Waals surface area contributed by atoms with Gasteiger partial charge in [0.25, 0.3) is 0 Å². The zero-order chi connectivity index (χ0) is 10.7. The molecule has 0 fully saturated rings. The number of para-hydroxylation sites is 1. The molecule has 0 radical (unpaired) electrons. The summed E-state index contributed by atoms with van der Waals surface area (Å²) in [5.74, 6) is 0. The summed E-state index contributed by atoms with van der Waals surface area (Å²) < 4.78 is 2.31. The number of fused-ring (bicyclic) bond motifs is 1. The van der Waals surface area contributed by atoms with Gasteiger partial charge in [-0.05, 0) is 31.0 Å². The van der Waals surface area contributed by atoms with Gasteiger partial charge >= 0.3 is 0 Å². The van der Waals surface area contributed by atoms with Crippen molar-refractivity contribution in [2.24, 2.45) is 0 Å². The summed E-state index contributed by atoms with van der Waals surface area (Å²) in [6.45, 7) is 6.42. The Balaban J connectivity index is 2.21. The van der Waals surface area contributed by atoms with E-state index < -0.39 is 0 Å². The molecule has 2 nitrogen and oxygen atoms in total. The van der Waals surface area contributed by atoms with Crippen molar-refractivity contribution in [2.75, 3.05) is 6.54 Å². The SMILES string of the molecule is CCNC(C)Cn1ccc2ccccc21. The summed E-state index contributed by atoms with van der Waals surface area (Å²) in [6.07, 6.45) is 2.17. The van der Waals surface area contributed by atoms with Crippen molar-refractivity contribution in [3.05, 3.63) is 36.5 Å². The van der Waals surface area contributed by atoms with Gasteiger partial charge in [-0.15, -0.1) is 0 Å². The fourth-order valence-electron chi connectivity index (χ4n) is 2.01. The lowest BCUT2D eigenvalue weighted by Crippen LogP contribution is -2.29. The van der Waals surface area contributed by atoms with Gasteiger partial charge in [0.1, 0.15) is 0 Å². The van der Waals surface area contributed by atoms with Crippen LogP contribution >= 0.6 is 0 Å². The van der Waals surface area contributed by atoms with Gasteiger partial charge in [-0.1, -0.05) is 25.1 Å². The van der Waals surface area contributed by atoms with Crippen molar-refractivity contribution in [3.8, 4) is 0 Å². The minimum absolute atomic E-state index is 0.519. The van der Waals surface area contributed by atoms with E-state index in [0.29, 0.717) is 6.04 Å². The highest BCUT2D eigenvalue weighted by Crippen LogP contribution is 2.15. The van der Waals surface area contributed by atoms with Gasteiger partial charge in [-0.25, -0.2) is 0 Å². The van der Waals surface area contributed by atoms with Crippen LogP contribution in [0.15, 0.2) is 36.5 Å². The first kappa shape index (κ1) is 10.2. The van der Waals surface area contributed by atoms with Gasteiger partial charge in [0.05, 0.1) is 0 Å². The Hall–Kier alpha value is -1.28. The van der Waals surface area contributed by atoms with E-state index in [0.717, 1.165) is 13.1 Å². The van der Waals surface area contributed by atoms with Crippen molar-refractivity contribution in [3.63, 3.8) is 0 Å². The Morgan fingerprint density at radius 3 is 2.87 bits per heavy atom. The minimum atomic E-state index is 0.519. The molecule has 0 saturated carbocycles. The highest BCUT2D eigenvalue weighted by atomic mass is 15.0. The third kappa shape index (κ3) is 2.21. The van der Waals surface area contributed by atoms with Crippen molar-refractivity contribution in [1.29, 1.82) is 0 Å². The van der Waals surface area contributed by atoms with Crippen LogP contribution in [-0.2, 0) is 6.54 Å². The van der Waals surface area contributed by atoms with Crippen molar-refractivity contribution >= 4 is 10.9 Å². The van der Waals surface area contributed by atoms with Crippen LogP contribution < -0.4 is 5.32 Å². The Labute approximate surface area is 90.9 Å². The number of aromatic nitrogens is 1. The molecule has 0 amide bonds. The van der Waals surface area contributed by atoms with Gasteiger partial charge in [0.15, 0.2) is 0 Å². The Morgan fingerprint density at radius 1 is 1.27 bits per heavy atom. The van der Waals surface area contributed by atoms with E-state index in [1.165, 1.54) is 10.9 Å². The van der Waals surface area contributed by atoms with E-state index in [-0.39, 0.29) is 0 Å². The zero-order valence-corrected chi connectivity index (χ0v) is 9.40. The number of hydrogen-bond donors (Lipinski definition) is 1. The molecule has 2 heteroatoms. The van der Waals surface area contributed by atoms with E-state index in [4.69, 9.17) is 0 Å². The van der Waals surface area contributed by atoms with Crippen LogP contribution in [0.1, 0.15) is 13.8 Å². The van der Waals surface area contributed by atoms with Crippen LogP contribution in [0.2, 0.25) is 0 Å². The first-order valence-corrected chi connectivity index (χ1v) is 5.58. The van der Waals surface area contributed by atoms with E-state index in [1.54, 1.807) is 0 Å². The summed E-state index contributed by atoms with van der Waals surface area (Å²) in [5.41, 5.74) is 1.32. The lowest BCUT2D eigenvalue weighted by molar-refractivity contribution is 0.497. The molecule has 0 saturated heterocycles. The van der Waals surface area contributed by atoms with Crippen LogP contribution in [0.5, 0.6) is 0 Å². The van der Waals surface area contributed by atoms with Crippen LogP contribution in [0, 0.1) is 0 Å². The van der Waals surface area contributed by atoms with Crippen molar-refractivity contribution in [1.82, 2.24) is 9.88 Å². The molecule has 1 atom stereocenters. The van der Waals surface area contributed by atoms with Gasteiger partial charge < -0.3 is 9.88 Å². The third-order valence-electron chi connectivity index (χ3n) is 2.70. The second-order valence-electron chi connectivity index (χ2n) is 3.99. The lowest BCUT2D eigenvalue weighted by Gasteiger charge is -2.14. The molecule has 15 heavy (non-hydrogen) atoms. The summed E-state index contributed by atoms with van der Waals surface area (Å²) in [7, 11) is 0. The maximum absolute atomic E-state index is 3.43. The van der Waals surface area contributed by atoms with Gasteiger partial charge in [-0.3, -0.25) is 0 Å². The van der Waals surface area contributed by atoms with Crippen LogP contribution in [0.25, 0.3) is 10.9 Å². The standard InChI is InChI=1S/C13H18N2/c1-3-14-11(2)10-15-9-8-12-6-4-5-7-13(12)15/h4-9,11,14H,3,10H2,1-2H3. The summed E-state index contributed by atoms with van der Waals surface area (Å²) >= 11 is 0. The summed E-state index contributed by atoms with van der Waals surface area (Å²) in [4.78, 5) is 0. The molecule has 1 heterocycles. The first-order valence-electron chi connectivity index (χ1n) is 5.58. The first-order chi connectivity index (χ1) is 7.31. The van der Waals surface area contributed by atoms with Crippen LogP contribution in [0.4, 0.5) is 0 Å². The predicted molar refractivity (Wildman–Crippen MR) is 65.1 cm³/mol. The number of rotatable bonds is 4. The zero-order valence-electron chi connectivity index (χ0n) is 9.40. The molecular formula is C13H18N2. The lowest BCUT2D eigenvalue weighted by atomic mass is 10.2. The van der Waals surface area contributed by atoms with E-state index in [1.807, 2.05) is 0 Å². The fourth-order valence-corrected chi connectivity index (χ4v) is 2.01. The van der Waals surface area contributed by atoms with E-state index in [2.05, 4.69) is 60.3 Å².